The minimum Gasteiger partial charge on any atom is -0.367 e. The summed E-state index contributed by atoms with van der Waals surface area (Å²) in [4.78, 5) is 0. The van der Waals surface area contributed by atoms with Gasteiger partial charge in [-0.3, -0.25) is 0 Å². The molecule has 3 rings (SSSR count). The highest BCUT2D eigenvalue weighted by Crippen LogP contribution is 2.36. The molecule has 6 heteroatoms. The number of aromatic nitrogens is 1. The molecule has 0 N–H and O–H groups in total. The highest BCUT2D eigenvalue weighted by molar-refractivity contribution is 5.83. The molecular formula is C20H18F3NO2. The maximum absolute atomic E-state index is 12.4. The summed E-state index contributed by atoms with van der Waals surface area (Å²) in [6.45, 7) is 2.39. The van der Waals surface area contributed by atoms with Crippen LogP contribution in [0, 0.1) is 13.8 Å². The van der Waals surface area contributed by atoms with E-state index in [1.54, 1.807) is 12.1 Å². The molecule has 1 heterocycles. The molecule has 0 radical (unpaired) electrons. The molecule has 0 bridgehead atoms. The maximum Gasteiger partial charge on any atom is 0.411 e. The van der Waals surface area contributed by atoms with Gasteiger partial charge in [0, 0.05) is 11.1 Å². The molecule has 0 saturated carbocycles. The first-order valence-corrected chi connectivity index (χ1v) is 8.12. The zero-order valence-corrected chi connectivity index (χ0v) is 14.4. The van der Waals surface area contributed by atoms with Gasteiger partial charge >= 0.3 is 6.18 Å². The van der Waals surface area contributed by atoms with Crippen molar-refractivity contribution in [3.05, 3.63) is 65.4 Å². The summed E-state index contributed by atoms with van der Waals surface area (Å²) < 4.78 is 47.4. The second-order valence-electron chi connectivity index (χ2n) is 6.03. The summed E-state index contributed by atoms with van der Waals surface area (Å²) >= 11 is 0. The number of rotatable bonds is 5. The van der Waals surface area contributed by atoms with E-state index in [-0.39, 0.29) is 6.61 Å². The lowest BCUT2D eigenvalue weighted by Gasteiger charge is -2.14. The standard InChI is InChI=1S/C20H18F3NO2/c1-13-14(2)24-26-19(13)18-10-6-5-9-17(18)16-8-4-3-7-15(16)11-25-12-20(21,22)23/h3-10H,11-12H2,1-2H3. The summed E-state index contributed by atoms with van der Waals surface area (Å²) in [5.41, 5.74) is 4.92. The maximum atomic E-state index is 12.4. The van der Waals surface area contributed by atoms with Gasteiger partial charge in [0.15, 0.2) is 5.76 Å². The van der Waals surface area contributed by atoms with E-state index in [2.05, 4.69) is 5.16 Å². The molecule has 0 aliphatic carbocycles. The molecule has 1 aromatic heterocycles. The average molecular weight is 361 g/mol. The van der Waals surface area contributed by atoms with Gasteiger partial charge in [-0.05, 0) is 30.5 Å². The van der Waals surface area contributed by atoms with E-state index in [1.165, 1.54) is 0 Å². The summed E-state index contributed by atoms with van der Waals surface area (Å²) in [5.74, 6) is 0.657. The van der Waals surface area contributed by atoms with E-state index in [1.807, 2.05) is 50.2 Å². The van der Waals surface area contributed by atoms with Gasteiger partial charge in [0.05, 0.1) is 12.3 Å². The van der Waals surface area contributed by atoms with Crippen LogP contribution in [-0.4, -0.2) is 17.9 Å². The zero-order chi connectivity index (χ0) is 18.7. The number of halogens is 3. The normalized spacial score (nSPS) is 11.7. The van der Waals surface area contributed by atoms with Crippen molar-refractivity contribution in [2.75, 3.05) is 6.61 Å². The van der Waals surface area contributed by atoms with Crippen LogP contribution < -0.4 is 0 Å². The highest BCUT2D eigenvalue weighted by atomic mass is 19.4. The van der Waals surface area contributed by atoms with Crippen molar-refractivity contribution in [3.63, 3.8) is 0 Å². The predicted molar refractivity (Wildman–Crippen MR) is 92.6 cm³/mol. The third-order valence-corrected chi connectivity index (χ3v) is 4.16. The number of hydrogen-bond acceptors (Lipinski definition) is 3. The molecule has 0 saturated heterocycles. The Balaban J connectivity index is 1.99. The number of ether oxygens (including phenoxy) is 1. The van der Waals surface area contributed by atoms with Crippen molar-refractivity contribution in [2.24, 2.45) is 0 Å². The van der Waals surface area contributed by atoms with Gasteiger partial charge in [-0.2, -0.15) is 13.2 Å². The molecule has 0 spiro atoms. The Bertz CT molecular complexity index is 900. The summed E-state index contributed by atoms with van der Waals surface area (Å²) in [7, 11) is 0. The molecule has 0 aliphatic heterocycles. The highest BCUT2D eigenvalue weighted by Gasteiger charge is 2.27. The molecule has 0 fully saturated rings. The van der Waals surface area contributed by atoms with Gasteiger partial charge in [-0.1, -0.05) is 53.7 Å². The fourth-order valence-corrected chi connectivity index (χ4v) is 2.77. The van der Waals surface area contributed by atoms with Crippen LogP contribution in [0.4, 0.5) is 13.2 Å². The molecular weight excluding hydrogens is 343 g/mol. The van der Waals surface area contributed by atoms with Crippen LogP contribution in [0.1, 0.15) is 16.8 Å². The van der Waals surface area contributed by atoms with Gasteiger partial charge in [-0.15, -0.1) is 0 Å². The zero-order valence-electron chi connectivity index (χ0n) is 14.4. The largest absolute Gasteiger partial charge is 0.411 e. The van der Waals surface area contributed by atoms with Gasteiger partial charge < -0.3 is 9.26 Å². The molecule has 3 aromatic rings. The minimum atomic E-state index is -4.35. The number of alkyl halides is 3. The lowest BCUT2D eigenvalue weighted by molar-refractivity contribution is -0.176. The Morgan fingerprint density at radius 1 is 0.923 bits per heavy atom. The quantitative estimate of drug-likeness (QED) is 0.584. The minimum absolute atomic E-state index is 0.127. The molecule has 0 unspecified atom stereocenters. The van der Waals surface area contributed by atoms with Gasteiger partial charge in [-0.25, -0.2) is 0 Å². The summed E-state index contributed by atoms with van der Waals surface area (Å²) in [5, 5.41) is 4.00. The lowest BCUT2D eigenvalue weighted by Crippen LogP contribution is -2.16. The third-order valence-electron chi connectivity index (χ3n) is 4.16. The number of nitrogens with zero attached hydrogens (tertiary/aromatic N) is 1. The lowest BCUT2D eigenvalue weighted by atomic mass is 9.93. The van der Waals surface area contributed by atoms with Crippen LogP contribution in [0.5, 0.6) is 0 Å². The number of hydrogen-bond donors (Lipinski definition) is 0. The SMILES string of the molecule is Cc1noc(-c2ccccc2-c2ccccc2COCC(F)(F)F)c1C. The second kappa shape index (κ2) is 7.33. The Labute approximate surface area is 149 Å². The molecule has 0 aliphatic rings. The number of aryl methyl sites for hydroxylation is 1. The van der Waals surface area contributed by atoms with Crippen LogP contribution in [0.2, 0.25) is 0 Å². The Morgan fingerprint density at radius 2 is 1.54 bits per heavy atom. The van der Waals surface area contributed by atoms with Crippen molar-refractivity contribution < 1.29 is 22.4 Å². The van der Waals surface area contributed by atoms with E-state index in [0.29, 0.717) is 11.3 Å². The first kappa shape index (κ1) is 18.2. The van der Waals surface area contributed by atoms with Gasteiger partial charge in [0.2, 0.25) is 0 Å². The third kappa shape index (κ3) is 3.96. The van der Waals surface area contributed by atoms with E-state index in [4.69, 9.17) is 9.26 Å². The predicted octanol–water partition coefficient (Wildman–Crippen LogP) is 5.70. The average Bonchev–Trinajstić information content (AvgIpc) is 2.93. The smallest absolute Gasteiger partial charge is 0.367 e. The topological polar surface area (TPSA) is 35.3 Å². The first-order valence-electron chi connectivity index (χ1n) is 8.12. The Hall–Kier alpha value is -2.60. The fraction of sp³-hybridized carbons (Fsp3) is 0.250. The van der Waals surface area contributed by atoms with Crippen LogP contribution in [0.3, 0.4) is 0 Å². The van der Waals surface area contributed by atoms with E-state index < -0.39 is 12.8 Å². The van der Waals surface area contributed by atoms with Crippen LogP contribution >= 0.6 is 0 Å². The molecule has 0 atom stereocenters. The van der Waals surface area contributed by atoms with Crippen molar-refractivity contribution in [3.8, 4) is 22.5 Å². The van der Waals surface area contributed by atoms with Crippen molar-refractivity contribution in [1.29, 1.82) is 0 Å². The molecule has 26 heavy (non-hydrogen) atoms. The van der Waals surface area contributed by atoms with Crippen molar-refractivity contribution in [2.45, 2.75) is 26.6 Å². The monoisotopic (exact) mass is 361 g/mol. The molecule has 3 nitrogen and oxygen atoms in total. The fourth-order valence-electron chi connectivity index (χ4n) is 2.77. The van der Waals surface area contributed by atoms with E-state index in [9.17, 15) is 13.2 Å². The van der Waals surface area contributed by atoms with Gasteiger partial charge in [0.25, 0.3) is 0 Å². The van der Waals surface area contributed by atoms with Crippen molar-refractivity contribution >= 4 is 0 Å². The Kier molecular flexibility index (Phi) is 5.13. The first-order chi connectivity index (χ1) is 12.4. The van der Waals surface area contributed by atoms with Crippen LogP contribution in [0.15, 0.2) is 53.1 Å². The van der Waals surface area contributed by atoms with E-state index in [0.717, 1.165) is 27.9 Å². The second-order valence-corrected chi connectivity index (χ2v) is 6.03. The van der Waals surface area contributed by atoms with Crippen LogP contribution in [0.25, 0.3) is 22.5 Å². The number of benzene rings is 2. The van der Waals surface area contributed by atoms with Crippen molar-refractivity contribution in [1.82, 2.24) is 5.16 Å². The summed E-state index contributed by atoms with van der Waals surface area (Å²) in [6, 6.07) is 14.8. The molecule has 0 amide bonds. The van der Waals surface area contributed by atoms with E-state index >= 15 is 0 Å². The Morgan fingerprint density at radius 3 is 2.15 bits per heavy atom. The molecule has 2 aromatic carbocycles. The van der Waals surface area contributed by atoms with Gasteiger partial charge in [0.1, 0.15) is 6.61 Å². The van der Waals surface area contributed by atoms with Crippen LogP contribution in [-0.2, 0) is 11.3 Å². The summed E-state index contributed by atoms with van der Waals surface area (Å²) in [6.07, 6.45) is -4.35. The molecule has 136 valence electrons.